The van der Waals surface area contributed by atoms with Crippen LogP contribution in [0.5, 0.6) is 0 Å². The lowest BCUT2D eigenvalue weighted by molar-refractivity contribution is 0.233. The van der Waals surface area contributed by atoms with Gasteiger partial charge in [-0.2, -0.15) is 0 Å². The Morgan fingerprint density at radius 1 is 1.11 bits per heavy atom. The highest BCUT2D eigenvalue weighted by Gasteiger charge is 2.34. The molecule has 5 unspecified atom stereocenters. The lowest BCUT2D eigenvalue weighted by Gasteiger charge is -2.35. The van der Waals surface area contributed by atoms with Gasteiger partial charge in [0, 0.05) is 18.1 Å². The van der Waals surface area contributed by atoms with E-state index in [9.17, 15) is 0 Å². The molecule has 0 spiro atoms. The Hall–Kier alpha value is -0.0800. The maximum atomic E-state index is 3.94. The van der Waals surface area contributed by atoms with Gasteiger partial charge in [0.2, 0.25) is 0 Å². The van der Waals surface area contributed by atoms with Crippen LogP contribution in [0.15, 0.2) is 0 Å². The molecule has 0 aromatic carbocycles. The summed E-state index contributed by atoms with van der Waals surface area (Å²) < 4.78 is 0. The maximum Gasteiger partial charge on any atom is 0.0113 e. The Morgan fingerprint density at radius 2 is 1.94 bits per heavy atom. The average Bonchev–Trinajstić information content (AvgIpc) is 2.86. The molecule has 106 valence electrons. The van der Waals surface area contributed by atoms with Crippen molar-refractivity contribution in [2.45, 2.75) is 83.8 Å². The van der Waals surface area contributed by atoms with Gasteiger partial charge >= 0.3 is 0 Å². The van der Waals surface area contributed by atoms with Crippen LogP contribution >= 0.6 is 0 Å². The Labute approximate surface area is 113 Å². The molecular formula is C16H32N2. The van der Waals surface area contributed by atoms with Gasteiger partial charge in [-0.05, 0) is 51.0 Å². The van der Waals surface area contributed by atoms with Crippen LogP contribution in [0.25, 0.3) is 0 Å². The molecule has 5 atom stereocenters. The fourth-order valence-electron chi connectivity index (χ4n) is 3.78. The van der Waals surface area contributed by atoms with Crippen LogP contribution in [0.4, 0.5) is 0 Å². The minimum atomic E-state index is 0.671. The average molecular weight is 252 g/mol. The monoisotopic (exact) mass is 252 g/mol. The van der Waals surface area contributed by atoms with Crippen LogP contribution in [0.3, 0.4) is 0 Å². The summed E-state index contributed by atoms with van der Waals surface area (Å²) in [5.74, 6) is 1.68. The molecule has 1 heterocycles. The van der Waals surface area contributed by atoms with Crippen molar-refractivity contribution in [3.63, 3.8) is 0 Å². The van der Waals surface area contributed by atoms with Gasteiger partial charge in [0.1, 0.15) is 0 Å². The van der Waals surface area contributed by atoms with E-state index in [1.165, 1.54) is 51.5 Å². The van der Waals surface area contributed by atoms with Gasteiger partial charge in [0.25, 0.3) is 0 Å². The van der Waals surface area contributed by atoms with Gasteiger partial charge in [-0.15, -0.1) is 0 Å². The predicted molar refractivity (Wildman–Crippen MR) is 78.8 cm³/mol. The Kier molecular flexibility index (Phi) is 5.50. The van der Waals surface area contributed by atoms with Gasteiger partial charge in [0.15, 0.2) is 0 Å². The van der Waals surface area contributed by atoms with E-state index in [4.69, 9.17) is 0 Å². The quantitative estimate of drug-likeness (QED) is 0.784. The molecule has 0 amide bonds. The van der Waals surface area contributed by atoms with Crippen LogP contribution in [0, 0.1) is 11.8 Å². The third kappa shape index (κ3) is 3.48. The van der Waals surface area contributed by atoms with Crippen molar-refractivity contribution in [2.24, 2.45) is 11.8 Å². The molecule has 2 nitrogen and oxygen atoms in total. The number of piperidine rings is 1. The first-order valence-corrected chi connectivity index (χ1v) is 8.21. The summed E-state index contributed by atoms with van der Waals surface area (Å²) in [5, 5.41) is 7.70. The second-order valence-corrected chi connectivity index (χ2v) is 6.60. The second kappa shape index (κ2) is 6.91. The van der Waals surface area contributed by atoms with E-state index in [-0.39, 0.29) is 0 Å². The third-order valence-corrected chi connectivity index (χ3v) is 5.41. The summed E-state index contributed by atoms with van der Waals surface area (Å²) in [4.78, 5) is 0. The van der Waals surface area contributed by atoms with Crippen molar-refractivity contribution in [1.82, 2.24) is 10.6 Å². The standard InChI is InChI=1S/C16H32N2/c1-4-12(2)13(3)18-16-10-7-8-14(16)15-9-5-6-11-17-15/h12-18H,4-11H2,1-3H3. The molecule has 0 bridgehead atoms. The molecule has 1 aliphatic carbocycles. The van der Waals surface area contributed by atoms with Crippen molar-refractivity contribution < 1.29 is 0 Å². The molecule has 1 aliphatic heterocycles. The highest BCUT2D eigenvalue weighted by Crippen LogP contribution is 2.32. The van der Waals surface area contributed by atoms with Crippen LogP contribution in [-0.2, 0) is 0 Å². The molecule has 0 aromatic heterocycles. The Balaban J connectivity index is 1.86. The van der Waals surface area contributed by atoms with Crippen LogP contribution in [0.1, 0.15) is 65.7 Å². The van der Waals surface area contributed by atoms with E-state index in [0.29, 0.717) is 6.04 Å². The molecule has 0 aromatic rings. The van der Waals surface area contributed by atoms with E-state index in [0.717, 1.165) is 23.9 Å². The van der Waals surface area contributed by atoms with E-state index >= 15 is 0 Å². The summed E-state index contributed by atoms with van der Waals surface area (Å²) in [6.07, 6.45) is 9.75. The number of hydrogen-bond acceptors (Lipinski definition) is 2. The minimum Gasteiger partial charge on any atom is -0.314 e. The Bertz CT molecular complexity index is 235. The van der Waals surface area contributed by atoms with E-state index < -0.39 is 0 Å². The molecule has 1 saturated carbocycles. The predicted octanol–water partition coefficient (Wildman–Crippen LogP) is 3.32. The number of rotatable bonds is 5. The van der Waals surface area contributed by atoms with Gasteiger partial charge < -0.3 is 10.6 Å². The lowest BCUT2D eigenvalue weighted by atomic mass is 9.87. The minimum absolute atomic E-state index is 0.671. The van der Waals surface area contributed by atoms with Crippen molar-refractivity contribution in [3.05, 3.63) is 0 Å². The molecule has 18 heavy (non-hydrogen) atoms. The molecule has 2 fully saturated rings. The molecule has 2 N–H and O–H groups in total. The van der Waals surface area contributed by atoms with Gasteiger partial charge in [-0.1, -0.05) is 33.1 Å². The largest absolute Gasteiger partial charge is 0.314 e. The zero-order valence-electron chi connectivity index (χ0n) is 12.5. The van der Waals surface area contributed by atoms with Crippen LogP contribution in [-0.4, -0.2) is 24.7 Å². The second-order valence-electron chi connectivity index (χ2n) is 6.60. The van der Waals surface area contributed by atoms with E-state index in [1.807, 2.05) is 0 Å². The topological polar surface area (TPSA) is 24.1 Å². The van der Waals surface area contributed by atoms with Crippen molar-refractivity contribution in [2.75, 3.05) is 6.54 Å². The summed E-state index contributed by atoms with van der Waals surface area (Å²) in [7, 11) is 0. The molecule has 2 heteroatoms. The lowest BCUT2D eigenvalue weighted by Crippen LogP contribution is -2.49. The van der Waals surface area contributed by atoms with Gasteiger partial charge in [-0.25, -0.2) is 0 Å². The molecular weight excluding hydrogens is 220 g/mol. The molecule has 0 radical (unpaired) electrons. The fourth-order valence-corrected chi connectivity index (χ4v) is 3.78. The van der Waals surface area contributed by atoms with Gasteiger partial charge in [-0.3, -0.25) is 0 Å². The molecule has 2 rings (SSSR count). The zero-order valence-corrected chi connectivity index (χ0v) is 12.5. The number of nitrogens with one attached hydrogen (secondary N) is 2. The summed E-state index contributed by atoms with van der Waals surface area (Å²) in [5.41, 5.74) is 0. The van der Waals surface area contributed by atoms with E-state index in [1.54, 1.807) is 0 Å². The highest BCUT2D eigenvalue weighted by molar-refractivity contribution is 4.93. The van der Waals surface area contributed by atoms with Crippen molar-refractivity contribution in [1.29, 1.82) is 0 Å². The SMILES string of the molecule is CCC(C)C(C)NC1CCCC1C1CCCCN1. The first kappa shape index (κ1) is 14.3. The van der Waals surface area contributed by atoms with Gasteiger partial charge in [0.05, 0.1) is 0 Å². The van der Waals surface area contributed by atoms with E-state index in [2.05, 4.69) is 31.4 Å². The first-order chi connectivity index (χ1) is 8.72. The summed E-state index contributed by atoms with van der Waals surface area (Å²) >= 11 is 0. The first-order valence-electron chi connectivity index (χ1n) is 8.21. The smallest absolute Gasteiger partial charge is 0.0113 e. The van der Waals surface area contributed by atoms with Crippen LogP contribution in [0.2, 0.25) is 0 Å². The third-order valence-electron chi connectivity index (χ3n) is 5.41. The van der Waals surface area contributed by atoms with Crippen molar-refractivity contribution in [3.8, 4) is 0 Å². The Morgan fingerprint density at radius 3 is 2.61 bits per heavy atom. The molecule has 2 aliphatic rings. The summed E-state index contributed by atoms with van der Waals surface area (Å²) in [6, 6.07) is 2.23. The zero-order chi connectivity index (χ0) is 13.0. The summed E-state index contributed by atoms with van der Waals surface area (Å²) in [6.45, 7) is 8.30. The van der Waals surface area contributed by atoms with Crippen molar-refractivity contribution >= 4 is 0 Å². The molecule has 1 saturated heterocycles. The maximum absolute atomic E-state index is 3.94. The fraction of sp³-hybridized carbons (Fsp3) is 1.00. The van der Waals surface area contributed by atoms with Crippen LogP contribution < -0.4 is 10.6 Å². The number of hydrogen-bond donors (Lipinski definition) is 2. The normalized spacial score (nSPS) is 36.5. The highest BCUT2D eigenvalue weighted by atomic mass is 15.0.